The number of amides is 1. The van der Waals surface area contributed by atoms with Gasteiger partial charge >= 0.3 is 0 Å². The third-order valence-corrected chi connectivity index (χ3v) is 7.51. The lowest BCUT2D eigenvalue weighted by molar-refractivity contribution is -0.121. The maximum atomic E-state index is 12.6. The van der Waals surface area contributed by atoms with Gasteiger partial charge in [0.25, 0.3) is 0 Å². The number of anilines is 1. The van der Waals surface area contributed by atoms with Gasteiger partial charge in [-0.3, -0.25) is 9.10 Å². The molecule has 1 atom stereocenters. The predicted molar refractivity (Wildman–Crippen MR) is 132 cm³/mol. The van der Waals surface area contributed by atoms with E-state index in [9.17, 15) is 13.2 Å². The van der Waals surface area contributed by atoms with Crippen molar-refractivity contribution >= 4 is 21.6 Å². The summed E-state index contributed by atoms with van der Waals surface area (Å²) in [6, 6.07) is 14.2. The molecule has 2 aromatic rings. The number of sulfonamides is 1. The van der Waals surface area contributed by atoms with Gasteiger partial charge < -0.3 is 5.32 Å². The molecular formula is C26H36N2O3S. The molecule has 0 saturated heterocycles. The number of fused-ring (bicyclic) bond motifs is 1. The fourth-order valence-electron chi connectivity index (χ4n) is 4.43. The summed E-state index contributed by atoms with van der Waals surface area (Å²) >= 11 is 0. The van der Waals surface area contributed by atoms with Gasteiger partial charge in [0.1, 0.15) is 0 Å². The van der Waals surface area contributed by atoms with E-state index in [0.717, 1.165) is 36.8 Å². The fourth-order valence-corrected chi connectivity index (χ4v) is 5.39. The van der Waals surface area contributed by atoms with Crippen LogP contribution in [0.1, 0.15) is 74.2 Å². The van der Waals surface area contributed by atoms with Crippen LogP contribution in [0, 0.1) is 0 Å². The molecule has 0 fully saturated rings. The van der Waals surface area contributed by atoms with Crippen LogP contribution in [0.15, 0.2) is 42.5 Å². The van der Waals surface area contributed by atoms with Gasteiger partial charge in [-0.2, -0.15) is 0 Å². The normalized spacial score (nSPS) is 14.5. The zero-order chi connectivity index (χ0) is 23.1. The highest BCUT2D eigenvalue weighted by Gasteiger charge is 2.19. The van der Waals surface area contributed by atoms with Crippen molar-refractivity contribution in [3.05, 3.63) is 64.7 Å². The molecule has 1 amide bonds. The Hall–Kier alpha value is -2.34. The standard InChI is InChI=1S/C26H36N2O3S/c1-4-20-12-16-24(17-13-20)28(32(3,30)31)18-8-11-26(29)27-25(5-2)23-15-14-21-9-6-7-10-22(21)19-23/h12-17,19,25H,4-11,18H2,1-3H3,(H,27,29). The second-order valence-electron chi connectivity index (χ2n) is 8.72. The molecule has 2 aromatic carbocycles. The van der Waals surface area contributed by atoms with Crippen LogP contribution in [0.5, 0.6) is 0 Å². The molecule has 0 radical (unpaired) electrons. The van der Waals surface area contributed by atoms with E-state index in [4.69, 9.17) is 0 Å². The van der Waals surface area contributed by atoms with Crippen molar-refractivity contribution in [3.8, 4) is 0 Å². The van der Waals surface area contributed by atoms with E-state index in [2.05, 4.69) is 37.4 Å². The second kappa shape index (κ2) is 11.0. The number of hydrogen-bond donors (Lipinski definition) is 1. The van der Waals surface area contributed by atoms with Crippen LogP contribution in [0.2, 0.25) is 0 Å². The molecule has 1 unspecified atom stereocenters. The van der Waals surface area contributed by atoms with Crippen molar-refractivity contribution in [1.82, 2.24) is 5.32 Å². The minimum absolute atomic E-state index is 0.0117. The first kappa shape index (κ1) is 24.3. The van der Waals surface area contributed by atoms with Crippen LogP contribution in [-0.2, 0) is 34.1 Å². The lowest BCUT2D eigenvalue weighted by Gasteiger charge is -2.23. The van der Waals surface area contributed by atoms with E-state index in [1.807, 2.05) is 24.3 Å². The summed E-state index contributed by atoms with van der Waals surface area (Å²) in [5, 5.41) is 3.15. The minimum atomic E-state index is -3.41. The SMILES string of the molecule is CCc1ccc(N(CCCC(=O)NC(CC)c2ccc3c(c2)CCCC3)S(C)(=O)=O)cc1. The lowest BCUT2D eigenvalue weighted by Crippen LogP contribution is -2.33. The molecule has 32 heavy (non-hydrogen) atoms. The Labute approximate surface area is 193 Å². The number of benzene rings is 2. The van der Waals surface area contributed by atoms with Gasteiger partial charge in [0, 0.05) is 13.0 Å². The molecule has 1 N–H and O–H groups in total. The van der Waals surface area contributed by atoms with Crippen LogP contribution in [0.25, 0.3) is 0 Å². The van der Waals surface area contributed by atoms with Crippen molar-refractivity contribution in [2.24, 2.45) is 0 Å². The molecule has 0 saturated carbocycles. The molecule has 1 aliphatic carbocycles. The van der Waals surface area contributed by atoms with E-state index < -0.39 is 10.0 Å². The van der Waals surface area contributed by atoms with Gasteiger partial charge in [-0.1, -0.05) is 44.2 Å². The van der Waals surface area contributed by atoms with Crippen LogP contribution in [-0.4, -0.2) is 27.1 Å². The first-order valence-corrected chi connectivity index (χ1v) is 13.6. The minimum Gasteiger partial charge on any atom is -0.349 e. The smallest absolute Gasteiger partial charge is 0.232 e. The predicted octanol–water partition coefficient (Wildman–Crippen LogP) is 4.94. The molecular weight excluding hydrogens is 420 g/mol. The highest BCUT2D eigenvalue weighted by molar-refractivity contribution is 7.92. The maximum Gasteiger partial charge on any atom is 0.232 e. The van der Waals surface area contributed by atoms with E-state index in [1.165, 1.54) is 34.5 Å². The Morgan fingerprint density at radius 3 is 2.34 bits per heavy atom. The van der Waals surface area contributed by atoms with Gasteiger partial charge in [0.05, 0.1) is 18.0 Å². The lowest BCUT2D eigenvalue weighted by atomic mass is 9.89. The highest BCUT2D eigenvalue weighted by Crippen LogP contribution is 2.26. The van der Waals surface area contributed by atoms with E-state index in [-0.39, 0.29) is 18.5 Å². The molecule has 6 heteroatoms. The number of hydrogen-bond acceptors (Lipinski definition) is 3. The summed E-state index contributed by atoms with van der Waals surface area (Å²) in [6.45, 7) is 4.43. The Bertz CT molecular complexity index is 1020. The Morgan fingerprint density at radius 1 is 1.03 bits per heavy atom. The van der Waals surface area contributed by atoms with Crippen molar-refractivity contribution in [3.63, 3.8) is 0 Å². The molecule has 0 aliphatic heterocycles. The van der Waals surface area contributed by atoms with E-state index in [0.29, 0.717) is 18.5 Å². The average Bonchev–Trinajstić information content (AvgIpc) is 2.79. The van der Waals surface area contributed by atoms with Gasteiger partial charge in [-0.15, -0.1) is 0 Å². The van der Waals surface area contributed by atoms with Crippen molar-refractivity contribution < 1.29 is 13.2 Å². The summed E-state index contributed by atoms with van der Waals surface area (Å²) in [5.74, 6) is -0.0376. The number of nitrogens with zero attached hydrogens (tertiary/aromatic N) is 1. The Morgan fingerprint density at radius 2 is 1.72 bits per heavy atom. The maximum absolute atomic E-state index is 12.6. The molecule has 0 aromatic heterocycles. The van der Waals surface area contributed by atoms with Crippen molar-refractivity contribution in [1.29, 1.82) is 0 Å². The quantitative estimate of drug-likeness (QED) is 0.551. The van der Waals surface area contributed by atoms with Gasteiger partial charge in [-0.25, -0.2) is 8.42 Å². The number of nitrogens with one attached hydrogen (secondary N) is 1. The molecule has 0 heterocycles. The first-order valence-electron chi connectivity index (χ1n) is 11.8. The zero-order valence-corrected chi connectivity index (χ0v) is 20.4. The first-order chi connectivity index (χ1) is 15.3. The van der Waals surface area contributed by atoms with Crippen molar-refractivity contribution in [2.75, 3.05) is 17.1 Å². The van der Waals surface area contributed by atoms with E-state index in [1.54, 1.807) is 0 Å². The number of rotatable bonds is 10. The third kappa shape index (κ3) is 6.35. The molecule has 0 bridgehead atoms. The van der Waals surface area contributed by atoms with Crippen LogP contribution < -0.4 is 9.62 Å². The average molecular weight is 457 g/mol. The van der Waals surface area contributed by atoms with Crippen LogP contribution in [0.3, 0.4) is 0 Å². The fraction of sp³-hybridized carbons (Fsp3) is 0.500. The summed E-state index contributed by atoms with van der Waals surface area (Å²) in [5.41, 5.74) is 5.82. The molecule has 3 rings (SSSR count). The largest absolute Gasteiger partial charge is 0.349 e. The van der Waals surface area contributed by atoms with Gasteiger partial charge in [0.15, 0.2) is 0 Å². The molecule has 0 spiro atoms. The Kier molecular flexibility index (Phi) is 8.35. The summed E-state index contributed by atoms with van der Waals surface area (Å²) < 4.78 is 26.0. The van der Waals surface area contributed by atoms with Crippen molar-refractivity contribution in [2.45, 2.75) is 71.3 Å². The molecule has 1 aliphatic rings. The molecule has 174 valence electrons. The highest BCUT2D eigenvalue weighted by atomic mass is 32.2. The van der Waals surface area contributed by atoms with Gasteiger partial charge in [-0.05, 0) is 79.3 Å². The topological polar surface area (TPSA) is 66.5 Å². The monoisotopic (exact) mass is 456 g/mol. The Balaban J connectivity index is 1.58. The number of carbonyl (C=O) groups excluding carboxylic acids is 1. The number of aryl methyl sites for hydroxylation is 3. The van der Waals surface area contributed by atoms with Crippen LogP contribution >= 0.6 is 0 Å². The number of carbonyl (C=O) groups is 1. The second-order valence-corrected chi connectivity index (χ2v) is 10.6. The van der Waals surface area contributed by atoms with Gasteiger partial charge in [0.2, 0.25) is 15.9 Å². The molecule has 5 nitrogen and oxygen atoms in total. The third-order valence-electron chi connectivity index (χ3n) is 6.32. The van der Waals surface area contributed by atoms with Crippen LogP contribution in [0.4, 0.5) is 5.69 Å². The zero-order valence-electron chi connectivity index (χ0n) is 19.6. The summed E-state index contributed by atoms with van der Waals surface area (Å²) in [6.07, 6.45) is 8.46. The van der Waals surface area contributed by atoms with E-state index >= 15 is 0 Å². The summed E-state index contributed by atoms with van der Waals surface area (Å²) in [7, 11) is -3.41. The summed E-state index contributed by atoms with van der Waals surface area (Å²) in [4.78, 5) is 12.6.